The van der Waals surface area contributed by atoms with E-state index < -0.39 is 5.60 Å². The SMILES string of the molecule is C[C@@H]1[C@@H](C)C(C)(C)[C@@]23O[C@@]2(CCCC3=O)C1(C)C. The van der Waals surface area contributed by atoms with E-state index in [1.807, 2.05) is 0 Å². The van der Waals surface area contributed by atoms with Crippen LogP contribution < -0.4 is 0 Å². The molecule has 1 saturated heterocycles. The molecular weight excluding hydrogens is 224 g/mol. The number of ketones is 1. The second-order valence-corrected chi connectivity index (χ2v) is 7.91. The molecule has 18 heavy (non-hydrogen) atoms. The monoisotopic (exact) mass is 250 g/mol. The van der Waals surface area contributed by atoms with Crippen LogP contribution in [0.3, 0.4) is 0 Å². The van der Waals surface area contributed by atoms with E-state index in [9.17, 15) is 4.79 Å². The van der Waals surface area contributed by atoms with Crippen molar-refractivity contribution in [3.63, 3.8) is 0 Å². The molecule has 0 spiro atoms. The highest BCUT2D eigenvalue weighted by atomic mass is 16.6. The summed E-state index contributed by atoms with van der Waals surface area (Å²) in [5.41, 5.74) is -0.601. The van der Waals surface area contributed by atoms with Crippen LogP contribution in [0.25, 0.3) is 0 Å². The first-order valence-electron chi connectivity index (χ1n) is 7.38. The molecule has 0 bridgehead atoms. The number of rotatable bonds is 0. The zero-order valence-corrected chi connectivity index (χ0v) is 12.6. The summed E-state index contributed by atoms with van der Waals surface area (Å²) >= 11 is 0. The van der Waals surface area contributed by atoms with Crippen LogP contribution in [0.15, 0.2) is 0 Å². The highest BCUT2D eigenvalue weighted by molar-refractivity contribution is 5.94. The number of carbonyl (C=O) groups is 1. The van der Waals surface area contributed by atoms with Gasteiger partial charge in [-0.2, -0.15) is 0 Å². The maximum atomic E-state index is 12.6. The molecule has 2 saturated carbocycles. The second-order valence-electron chi connectivity index (χ2n) is 7.91. The van der Waals surface area contributed by atoms with Crippen LogP contribution in [-0.4, -0.2) is 17.0 Å². The molecule has 2 heteroatoms. The molecule has 1 heterocycles. The van der Waals surface area contributed by atoms with Gasteiger partial charge in [0.2, 0.25) is 0 Å². The Balaban J connectivity index is 2.20. The van der Waals surface area contributed by atoms with Gasteiger partial charge in [-0.1, -0.05) is 41.5 Å². The van der Waals surface area contributed by atoms with Crippen molar-refractivity contribution >= 4 is 5.78 Å². The predicted molar refractivity (Wildman–Crippen MR) is 71.3 cm³/mol. The topological polar surface area (TPSA) is 29.6 Å². The van der Waals surface area contributed by atoms with Gasteiger partial charge >= 0.3 is 0 Å². The van der Waals surface area contributed by atoms with Crippen molar-refractivity contribution in [3.05, 3.63) is 0 Å². The third-order valence-electron chi connectivity index (χ3n) is 7.15. The molecule has 2 nitrogen and oxygen atoms in total. The van der Waals surface area contributed by atoms with Gasteiger partial charge in [-0.3, -0.25) is 4.79 Å². The number of hydrogen-bond donors (Lipinski definition) is 0. The fourth-order valence-corrected chi connectivity index (χ4v) is 5.28. The molecule has 0 aromatic carbocycles. The summed E-state index contributed by atoms with van der Waals surface area (Å²) in [5.74, 6) is 1.45. The van der Waals surface area contributed by atoms with Crippen molar-refractivity contribution in [2.75, 3.05) is 0 Å². The maximum Gasteiger partial charge on any atom is 0.168 e. The lowest BCUT2D eigenvalue weighted by Crippen LogP contribution is -2.63. The minimum Gasteiger partial charge on any atom is -0.353 e. The van der Waals surface area contributed by atoms with Gasteiger partial charge < -0.3 is 4.74 Å². The minimum atomic E-state index is -0.478. The van der Waals surface area contributed by atoms with Crippen LogP contribution in [0.5, 0.6) is 0 Å². The number of carbonyl (C=O) groups excluding carboxylic acids is 1. The number of epoxide rings is 1. The Bertz CT molecular complexity index is 423. The van der Waals surface area contributed by atoms with Crippen LogP contribution in [0.1, 0.15) is 60.8 Å². The van der Waals surface area contributed by atoms with Crippen molar-refractivity contribution in [1.82, 2.24) is 0 Å². The molecule has 102 valence electrons. The van der Waals surface area contributed by atoms with Crippen LogP contribution in [0.2, 0.25) is 0 Å². The Morgan fingerprint density at radius 3 is 2.22 bits per heavy atom. The van der Waals surface area contributed by atoms with E-state index >= 15 is 0 Å². The molecule has 3 fully saturated rings. The van der Waals surface area contributed by atoms with E-state index in [1.54, 1.807) is 0 Å². The van der Waals surface area contributed by atoms with E-state index in [4.69, 9.17) is 4.74 Å². The third kappa shape index (κ3) is 0.941. The van der Waals surface area contributed by atoms with Gasteiger partial charge in [0.1, 0.15) is 5.60 Å². The molecule has 1 aliphatic heterocycles. The lowest BCUT2D eigenvalue weighted by atomic mass is 9.44. The van der Waals surface area contributed by atoms with Crippen molar-refractivity contribution in [1.29, 1.82) is 0 Å². The number of Topliss-reactive ketones (excluding diaryl/α,β-unsaturated/α-hetero) is 1. The van der Waals surface area contributed by atoms with Crippen molar-refractivity contribution in [2.45, 2.75) is 72.0 Å². The average Bonchev–Trinajstić information content (AvgIpc) is 3.00. The standard InChI is InChI=1S/C16H26O2/c1-10-11(2)14(5,6)16-12(17)8-7-9-15(16,18-16)13(10,3)4/h10-11H,7-9H2,1-6H3/t10-,11-,15+,16-/m1/s1. The molecule has 0 amide bonds. The fraction of sp³-hybridized carbons (Fsp3) is 0.938. The van der Waals surface area contributed by atoms with Gasteiger partial charge in [-0.05, 0) is 30.1 Å². The van der Waals surface area contributed by atoms with E-state index in [1.165, 1.54) is 0 Å². The smallest absolute Gasteiger partial charge is 0.168 e. The Labute approximate surface area is 110 Å². The molecule has 0 N–H and O–H groups in total. The Morgan fingerprint density at radius 2 is 1.61 bits per heavy atom. The molecule has 4 atom stereocenters. The highest BCUT2D eigenvalue weighted by Crippen LogP contribution is 2.77. The zero-order valence-electron chi connectivity index (χ0n) is 12.6. The lowest BCUT2D eigenvalue weighted by molar-refractivity contribution is -0.137. The first-order valence-corrected chi connectivity index (χ1v) is 7.38. The van der Waals surface area contributed by atoms with E-state index in [-0.39, 0.29) is 16.4 Å². The van der Waals surface area contributed by atoms with Crippen LogP contribution in [0, 0.1) is 22.7 Å². The van der Waals surface area contributed by atoms with Crippen LogP contribution in [0.4, 0.5) is 0 Å². The van der Waals surface area contributed by atoms with Crippen LogP contribution >= 0.6 is 0 Å². The molecule has 3 aliphatic rings. The summed E-state index contributed by atoms with van der Waals surface area (Å²) in [6.07, 6.45) is 2.77. The van der Waals surface area contributed by atoms with Gasteiger partial charge in [0.25, 0.3) is 0 Å². The predicted octanol–water partition coefficient (Wildman–Crippen LogP) is 3.59. The lowest BCUT2D eigenvalue weighted by Gasteiger charge is -2.55. The van der Waals surface area contributed by atoms with Gasteiger partial charge in [-0.15, -0.1) is 0 Å². The van der Waals surface area contributed by atoms with E-state index in [0.717, 1.165) is 12.8 Å². The summed E-state index contributed by atoms with van der Waals surface area (Å²) in [6.45, 7) is 13.7. The summed E-state index contributed by atoms with van der Waals surface area (Å²) in [7, 11) is 0. The molecule has 3 rings (SSSR count). The number of hydrogen-bond acceptors (Lipinski definition) is 2. The third-order valence-corrected chi connectivity index (χ3v) is 7.15. The summed E-state index contributed by atoms with van der Waals surface area (Å²) in [6, 6.07) is 0. The zero-order chi connectivity index (χ0) is 13.6. The van der Waals surface area contributed by atoms with Crippen molar-refractivity contribution in [3.8, 4) is 0 Å². The van der Waals surface area contributed by atoms with Crippen molar-refractivity contribution in [2.24, 2.45) is 22.7 Å². The van der Waals surface area contributed by atoms with Crippen molar-refractivity contribution < 1.29 is 9.53 Å². The van der Waals surface area contributed by atoms with Gasteiger partial charge in [0.05, 0.1) is 0 Å². The maximum absolute atomic E-state index is 12.6. The molecule has 2 aliphatic carbocycles. The van der Waals surface area contributed by atoms with Gasteiger partial charge in [0, 0.05) is 11.8 Å². The average molecular weight is 250 g/mol. The first kappa shape index (κ1) is 12.7. The van der Waals surface area contributed by atoms with E-state index in [0.29, 0.717) is 24.0 Å². The highest BCUT2D eigenvalue weighted by Gasteiger charge is 2.88. The largest absolute Gasteiger partial charge is 0.353 e. The summed E-state index contributed by atoms with van der Waals surface area (Å²) < 4.78 is 6.35. The molecule has 0 radical (unpaired) electrons. The molecular formula is C16H26O2. The Hall–Kier alpha value is -0.370. The second kappa shape index (κ2) is 3.03. The first-order chi connectivity index (χ1) is 8.15. The molecule has 0 unspecified atom stereocenters. The Morgan fingerprint density at radius 1 is 1.06 bits per heavy atom. The normalized spacial score (nSPS) is 52.4. The fourth-order valence-electron chi connectivity index (χ4n) is 5.28. The van der Waals surface area contributed by atoms with Gasteiger partial charge in [-0.25, -0.2) is 0 Å². The van der Waals surface area contributed by atoms with Gasteiger partial charge in [0.15, 0.2) is 11.4 Å². The molecule has 0 aromatic heterocycles. The quantitative estimate of drug-likeness (QED) is 0.615. The van der Waals surface area contributed by atoms with E-state index in [2.05, 4.69) is 41.5 Å². The number of ether oxygens (including phenoxy) is 1. The summed E-state index contributed by atoms with van der Waals surface area (Å²) in [5, 5.41) is 0. The summed E-state index contributed by atoms with van der Waals surface area (Å²) in [4.78, 5) is 12.6. The minimum absolute atomic E-state index is 0.0422. The Kier molecular flexibility index (Phi) is 2.13. The molecule has 0 aromatic rings. The van der Waals surface area contributed by atoms with Crippen LogP contribution in [-0.2, 0) is 9.53 Å².